The molecule has 2 rings (SSSR count). The molecule has 0 saturated heterocycles. The van der Waals surface area contributed by atoms with E-state index in [0.717, 1.165) is 25.7 Å². The van der Waals surface area contributed by atoms with Crippen molar-refractivity contribution in [1.82, 2.24) is 4.72 Å². The van der Waals surface area contributed by atoms with Crippen LogP contribution < -0.4 is 15.2 Å². The van der Waals surface area contributed by atoms with Crippen molar-refractivity contribution in [3.05, 3.63) is 24.3 Å². The molecule has 0 bridgehead atoms. The third-order valence-electron chi connectivity index (χ3n) is 4.14. The van der Waals surface area contributed by atoms with Gasteiger partial charge in [0.05, 0.1) is 7.11 Å². The second-order valence-corrected chi connectivity index (χ2v) is 7.19. The number of rotatable bonds is 6. The molecule has 1 aliphatic carbocycles. The Hall–Kier alpha value is -1.11. The number of nitrogens with one attached hydrogen (secondary N) is 1. The fourth-order valence-corrected chi connectivity index (χ4v) is 4.47. The number of benzene rings is 1. The highest BCUT2D eigenvalue weighted by molar-refractivity contribution is 7.89. The van der Waals surface area contributed by atoms with Crippen LogP contribution in [0.2, 0.25) is 0 Å². The quantitative estimate of drug-likeness (QED) is 0.840. The number of ether oxygens (including phenoxy) is 1. The van der Waals surface area contributed by atoms with Gasteiger partial charge in [-0.05, 0) is 30.9 Å². The van der Waals surface area contributed by atoms with Crippen molar-refractivity contribution in [2.75, 3.05) is 13.7 Å². The van der Waals surface area contributed by atoms with Crippen LogP contribution >= 0.6 is 0 Å². The third kappa shape index (κ3) is 3.96. The number of methoxy groups -OCH3 is 1. The van der Waals surface area contributed by atoms with Gasteiger partial charge in [0.2, 0.25) is 10.0 Å². The van der Waals surface area contributed by atoms with Gasteiger partial charge in [-0.2, -0.15) is 0 Å². The lowest BCUT2D eigenvalue weighted by Gasteiger charge is -2.30. The maximum absolute atomic E-state index is 12.6. The van der Waals surface area contributed by atoms with E-state index in [1.54, 1.807) is 24.3 Å². The topological polar surface area (TPSA) is 81.4 Å². The zero-order valence-electron chi connectivity index (χ0n) is 12.4. The van der Waals surface area contributed by atoms with E-state index in [4.69, 9.17) is 10.5 Å². The highest BCUT2D eigenvalue weighted by atomic mass is 32.2. The van der Waals surface area contributed by atoms with E-state index >= 15 is 0 Å². The minimum absolute atomic E-state index is 0.168. The van der Waals surface area contributed by atoms with Crippen LogP contribution in [0, 0.1) is 5.92 Å². The Morgan fingerprint density at radius 2 is 1.95 bits per heavy atom. The van der Waals surface area contributed by atoms with E-state index in [1.807, 2.05) is 0 Å². The first-order valence-electron chi connectivity index (χ1n) is 7.44. The fourth-order valence-electron chi connectivity index (χ4n) is 2.98. The van der Waals surface area contributed by atoms with Gasteiger partial charge in [-0.3, -0.25) is 0 Å². The number of hydrogen-bond acceptors (Lipinski definition) is 4. The smallest absolute Gasteiger partial charge is 0.244 e. The molecule has 1 fully saturated rings. The molecule has 1 saturated carbocycles. The lowest BCUT2D eigenvalue weighted by atomic mass is 9.84. The molecule has 1 atom stereocenters. The van der Waals surface area contributed by atoms with Crippen LogP contribution in [0.1, 0.15) is 32.1 Å². The highest BCUT2D eigenvalue weighted by Crippen LogP contribution is 2.28. The summed E-state index contributed by atoms with van der Waals surface area (Å²) in [7, 11) is -2.15. The Morgan fingerprint density at radius 1 is 1.29 bits per heavy atom. The largest absolute Gasteiger partial charge is 0.495 e. The molecule has 3 N–H and O–H groups in total. The Morgan fingerprint density at radius 3 is 2.57 bits per heavy atom. The molecule has 0 heterocycles. The van der Waals surface area contributed by atoms with Gasteiger partial charge in [-0.1, -0.05) is 31.4 Å². The standard InChI is InChI=1S/C15H24N2O3S/c1-20-14-9-5-6-10-15(14)21(18,19)17-13(11-16)12-7-3-2-4-8-12/h5-6,9-10,12-13,17H,2-4,7-8,11,16H2,1H3. The van der Waals surface area contributed by atoms with Crippen molar-refractivity contribution in [1.29, 1.82) is 0 Å². The summed E-state index contributed by atoms with van der Waals surface area (Å²) in [6.45, 7) is 0.318. The lowest BCUT2D eigenvalue weighted by molar-refractivity contribution is 0.294. The van der Waals surface area contributed by atoms with Crippen molar-refractivity contribution >= 4 is 10.0 Å². The molecule has 1 unspecified atom stereocenters. The van der Waals surface area contributed by atoms with Gasteiger partial charge in [0.15, 0.2) is 0 Å². The van der Waals surface area contributed by atoms with Crippen LogP contribution in [0.25, 0.3) is 0 Å². The minimum Gasteiger partial charge on any atom is -0.495 e. The van der Waals surface area contributed by atoms with Gasteiger partial charge >= 0.3 is 0 Å². The average molecular weight is 312 g/mol. The number of nitrogens with two attached hydrogens (primary N) is 1. The van der Waals surface area contributed by atoms with E-state index in [-0.39, 0.29) is 10.9 Å². The summed E-state index contributed by atoms with van der Waals surface area (Å²) in [6, 6.07) is 6.43. The SMILES string of the molecule is COc1ccccc1S(=O)(=O)NC(CN)C1CCCCC1. The highest BCUT2D eigenvalue weighted by Gasteiger charge is 2.28. The van der Waals surface area contributed by atoms with Crippen LogP contribution in [0.3, 0.4) is 0 Å². The van der Waals surface area contributed by atoms with E-state index < -0.39 is 10.0 Å². The molecule has 6 heteroatoms. The van der Waals surface area contributed by atoms with Gasteiger partial charge in [-0.15, -0.1) is 0 Å². The van der Waals surface area contributed by atoms with Crippen molar-refractivity contribution in [2.45, 2.75) is 43.0 Å². The Bertz CT molecular complexity index is 554. The van der Waals surface area contributed by atoms with Crippen LogP contribution in [0.4, 0.5) is 0 Å². The molecule has 118 valence electrons. The zero-order valence-corrected chi connectivity index (χ0v) is 13.2. The molecule has 1 aliphatic rings. The number of sulfonamides is 1. The minimum atomic E-state index is -3.62. The lowest BCUT2D eigenvalue weighted by Crippen LogP contribution is -2.45. The normalized spacial score (nSPS) is 18.4. The summed E-state index contributed by atoms with van der Waals surface area (Å²) in [4.78, 5) is 0.168. The van der Waals surface area contributed by atoms with Crippen molar-refractivity contribution in [2.24, 2.45) is 11.7 Å². The van der Waals surface area contributed by atoms with Crippen LogP contribution in [0.5, 0.6) is 5.75 Å². The van der Waals surface area contributed by atoms with E-state index in [0.29, 0.717) is 18.2 Å². The van der Waals surface area contributed by atoms with Crippen molar-refractivity contribution in [3.8, 4) is 5.75 Å². The molecular weight excluding hydrogens is 288 g/mol. The third-order valence-corrected chi connectivity index (χ3v) is 5.67. The summed E-state index contributed by atoms with van der Waals surface area (Å²) < 4.78 is 33.1. The molecule has 1 aromatic carbocycles. The van der Waals surface area contributed by atoms with Gasteiger partial charge in [-0.25, -0.2) is 13.1 Å². The van der Waals surface area contributed by atoms with Crippen molar-refractivity contribution < 1.29 is 13.2 Å². The summed E-state index contributed by atoms with van der Waals surface area (Å²) >= 11 is 0. The van der Waals surface area contributed by atoms with Gasteiger partial charge in [0, 0.05) is 12.6 Å². The van der Waals surface area contributed by atoms with E-state index in [1.165, 1.54) is 13.5 Å². The maximum atomic E-state index is 12.6. The first kappa shape index (κ1) is 16.3. The second kappa shape index (κ2) is 7.24. The summed E-state index contributed by atoms with van der Waals surface area (Å²) in [5, 5.41) is 0. The fraction of sp³-hybridized carbons (Fsp3) is 0.600. The van der Waals surface area contributed by atoms with Crippen molar-refractivity contribution in [3.63, 3.8) is 0 Å². The Labute approximate surface area is 126 Å². The molecule has 0 radical (unpaired) electrons. The molecule has 0 aliphatic heterocycles. The summed E-state index contributed by atoms with van der Waals surface area (Å²) in [5.41, 5.74) is 5.80. The van der Waals surface area contributed by atoms with Crippen LogP contribution in [-0.4, -0.2) is 28.1 Å². The average Bonchev–Trinajstić information content (AvgIpc) is 2.53. The molecule has 0 spiro atoms. The van der Waals surface area contributed by atoms with E-state index in [9.17, 15) is 8.42 Å². The van der Waals surface area contributed by atoms with Gasteiger partial charge in [0.1, 0.15) is 10.6 Å². The molecule has 5 nitrogen and oxygen atoms in total. The molecule has 0 amide bonds. The maximum Gasteiger partial charge on any atom is 0.244 e. The van der Waals surface area contributed by atoms with Gasteiger partial charge in [0.25, 0.3) is 0 Å². The molecule has 0 aromatic heterocycles. The summed E-state index contributed by atoms with van der Waals surface area (Å²) in [6.07, 6.45) is 5.61. The monoisotopic (exact) mass is 312 g/mol. The molecular formula is C15H24N2O3S. The first-order chi connectivity index (χ1) is 10.1. The summed E-state index contributed by atoms with van der Waals surface area (Å²) in [5.74, 6) is 0.678. The number of para-hydroxylation sites is 1. The zero-order chi connectivity index (χ0) is 15.3. The van der Waals surface area contributed by atoms with Crippen LogP contribution in [0.15, 0.2) is 29.2 Å². The van der Waals surface area contributed by atoms with Crippen LogP contribution in [-0.2, 0) is 10.0 Å². The second-order valence-electron chi connectivity index (χ2n) is 5.51. The van der Waals surface area contributed by atoms with E-state index in [2.05, 4.69) is 4.72 Å². The molecule has 21 heavy (non-hydrogen) atoms. The first-order valence-corrected chi connectivity index (χ1v) is 8.92. The Balaban J connectivity index is 2.18. The van der Waals surface area contributed by atoms with Gasteiger partial charge < -0.3 is 10.5 Å². The number of hydrogen-bond donors (Lipinski definition) is 2. The molecule has 1 aromatic rings. The predicted molar refractivity (Wildman–Crippen MR) is 82.7 cm³/mol. The predicted octanol–water partition coefficient (Wildman–Crippen LogP) is 1.88. The Kier molecular flexibility index (Phi) is 5.61.